The predicted molar refractivity (Wildman–Crippen MR) is 65.8 cm³/mol. The van der Waals surface area contributed by atoms with Crippen LogP contribution in [0.1, 0.15) is 29.4 Å². The van der Waals surface area contributed by atoms with E-state index in [2.05, 4.69) is 44.2 Å². The molecular weight excluding hydrogens is 196 g/mol. The molecule has 0 bridgehead atoms. The van der Waals surface area contributed by atoms with Crippen molar-refractivity contribution >= 4 is 11.6 Å². The first-order valence-electron chi connectivity index (χ1n) is 5.47. The second-order valence-electron chi connectivity index (χ2n) is 4.20. The molecule has 0 fully saturated rings. The van der Waals surface area contributed by atoms with E-state index < -0.39 is 0 Å². The maximum atomic E-state index is 5.56. The summed E-state index contributed by atoms with van der Waals surface area (Å²) in [7, 11) is 0. The number of hydrogen-bond donors (Lipinski definition) is 0. The number of rotatable bonds is 1. The van der Waals surface area contributed by atoms with Gasteiger partial charge < -0.3 is 4.42 Å². The van der Waals surface area contributed by atoms with E-state index in [0.717, 1.165) is 5.76 Å². The fourth-order valence-electron chi connectivity index (χ4n) is 2.26. The normalized spacial score (nSPS) is 15.0. The zero-order chi connectivity index (χ0) is 11.1. The van der Waals surface area contributed by atoms with E-state index in [9.17, 15) is 0 Å². The smallest absolute Gasteiger partial charge is 0.133 e. The highest BCUT2D eigenvalue weighted by Crippen LogP contribution is 2.41. The summed E-state index contributed by atoms with van der Waals surface area (Å²) in [6.07, 6.45) is 3.96. The van der Waals surface area contributed by atoms with Crippen molar-refractivity contribution in [3.05, 3.63) is 65.0 Å². The van der Waals surface area contributed by atoms with Gasteiger partial charge in [-0.3, -0.25) is 0 Å². The molecule has 1 heteroatoms. The third-order valence-corrected chi connectivity index (χ3v) is 3.18. The van der Waals surface area contributed by atoms with E-state index in [-0.39, 0.29) is 0 Å². The van der Waals surface area contributed by atoms with Gasteiger partial charge in [-0.25, -0.2) is 0 Å². The lowest BCUT2D eigenvalue weighted by Gasteiger charge is -2.08. The number of benzene rings is 1. The van der Waals surface area contributed by atoms with Gasteiger partial charge in [-0.15, -0.1) is 0 Å². The standard InChI is InChI=1S/C15H13O/c1-10-7-8-16-15(10)14-9-12-5-3-4-6-13(12)11(14)2/h3-9H,1-2H3. The summed E-state index contributed by atoms with van der Waals surface area (Å²) >= 11 is 0. The molecule has 79 valence electrons. The first-order valence-corrected chi connectivity index (χ1v) is 5.47. The van der Waals surface area contributed by atoms with E-state index in [1.807, 2.05) is 6.07 Å². The molecule has 1 aromatic heterocycles. The molecule has 1 heterocycles. The first kappa shape index (κ1) is 9.46. The Morgan fingerprint density at radius 3 is 2.50 bits per heavy atom. The van der Waals surface area contributed by atoms with Gasteiger partial charge in [0.2, 0.25) is 0 Å². The van der Waals surface area contributed by atoms with Crippen LogP contribution < -0.4 is 0 Å². The molecule has 1 aliphatic carbocycles. The number of furan rings is 1. The zero-order valence-electron chi connectivity index (χ0n) is 9.45. The lowest BCUT2D eigenvalue weighted by Crippen LogP contribution is -1.93. The minimum absolute atomic E-state index is 0.994. The van der Waals surface area contributed by atoms with Crippen LogP contribution in [0.3, 0.4) is 0 Å². The summed E-state index contributed by atoms with van der Waals surface area (Å²) in [6, 6.07) is 10.5. The Labute approximate surface area is 95.4 Å². The molecule has 2 aromatic rings. The Morgan fingerprint density at radius 1 is 1.00 bits per heavy atom. The molecule has 0 saturated carbocycles. The second-order valence-corrected chi connectivity index (χ2v) is 4.20. The Balaban J connectivity index is 2.12. The fraction of sp³-hybridized carbons (Fsp3) is 0.133. The van der Waals surface area contributed by atoms with Crippen LogP contribution in [0.5, 0.6) is 0 Å². The molecule has 0 unspecified atom stereocenters. The van der Waals surface area contributed by atoms with Gasteiger partial charge in [-0.05, 0) is 35.8 Å². The molecule has 1 aliphatic rings. The Hall–Kier alpha value is -1.76. The lowest BCUT2D eigenvalue weighted by atomic mass is 9.95. The van der Waals surface area contributed by atoms with Gasteiger partial charge in [0.25, 0.3) is 0 Å². The van der Waals surface area contributed by atoms with Crippen molar-refractivity contribution in [2.24, 2.45) is 0 Å². The molecular formula is C15H13O. The van der Waals surface area contributed by atoms with Crippen molar-refractivity contribution in [1.82, 2.24) is 0 Å². The molecule has 0 N–H and O–H groups in total. The van der Waals surface area contributed by atoms with Gasteiger partial charge >= 0.3 is 0 Å². The molecule has 1 aromatic carbocycles. The molecule has 0 aliphatic heterocycles. The van der Waals surface area contributed by atoms with E-state index in [1.54, 1.807) is 6.26 Å². The number of hydrogen-bond acceptors (Lipinski definition) is 1. The summed E-state index contributed by atoms with van der Waals surface area (Å²) in [6.45, 7) is 4.23. The summed E-state index contributed by atoms with van der Waals surface area (Å²) in [5.41, 5.74) is 5.00. The molecule has 3 rings (SSSR count). The highest BCUT2D eigenvalue weighted by molar-refractivity contribution is 5.97. The minimum Gasteiger partial charge on any atom is -0.464 e. The Kier molecular flexibility index (Phi) is 2.00. The minimum atomic E-state index is 0.994. The fourth-order valence-corrected chi connectivity index (χ4v) is 2.26. The van der Waals surface area contributed by atoms with E-state index >= 15 is 0 Å². The van der Waals surface area contributed by atoms with Crippen molar-refractivity contribution in [1.29, 1.82) is 0 Å². The van der Waals surface area contributed by atoms with Gasteiger partial charge in [-0.1, -0.05) is 31.2 Å². The number of aryl methyl sites for hydroxylation is 1. The average Bonchev–Trinajstić information content (AvgIpc) is 2.84. The SMILES string of the molecule is C[C]1C(c2occc2C)=Cc2ccccc21. The summed E-state index contributed by atoms with van der Waals surface area (Å²) < 4.78 is 5.56. The molecule has 0 spiro atoms. The summed E-state index contributed by atoms with van der Waals surface area (Å²) in [5, 5.41) is 0. The first-order chi connectivity index (χ1) is 7.77. The summed E-state index contributed by atoms with van der Waals surface area (Å²) in [5.74, 6) is 2.29. The third-order valence-electron chi connectivity index (χ3n) is 3.18. The van der Waals surface area contributed by atoms with Gasteiger partial charge in [0, 0.05) is 11.5 Å². The van der Waals surface area contributed by atoms with Crippen LogP contribution in [0.15, 0.2) is 41.0 Å². The van der Waals surface area contributed by atoms with Crippen LogP contribution in [0.25, 0.3) is 11.6 Å². The molecule has 1 radical (unpaired) electrons. The van der Waals surface area contributed by atoms with Crippen LogP contribution in [-0.4, -0.2) is 0 Å². The predicted octanol–water partition coefficient (Wildman–Crippen LogP) is 4.08. The van der Waals surface area contributed by atoms with Gasteiger partial charge in [0.1, 0.15) is 5.76 Å². The Morgan fingerprint density at radius 2 is 1.81 bits per heavy atom. The van der Waals surface area contributed by atoms with E-state index in [1.165, 1.54) is 28.2 Å². The maximum absolute atomic E-state index is 5.56. The highest BCUT2D eigenvalue weighted by Gasteiger charge is 2.25. The number of fused-ring (bicyclic) bond motifs is 1. The molecule has 0 amide bonds. The largest absolute Gasteiger partial charge is 0.464 e. The molecule has 16 heavy (non-hydrogen) atoms. The second kappa shape index (κ2) is 3.38. The van der Waals surface area contributed by atoms with Crippen LogP contribution >= 0.6 is 0 Å². The van der Waals surface area contributed by atoms with E-state index in [0.29, 0.717) is 0 Å². The molecule has 1 nitrogen and oxygen atoms in total. The monoisotopic (exact) mass is 209 g/mol. The molecule has 0 atom stereocenters. The average molecular weight is 209 g/mol. The molecule has 0 saturated heterocycles. The highest BCUT2D eigenvalue weighted by atomic mass is 16.3. The third kappa shape index (κ3) is 1.25. The van der Waals surface area contributed by atoms with Crippen LogP contribution in [0.2, 0.25) is 0 Å². The zero-order valence-corrected chi connectivity index (χ0v) is 9.45. The van der Waals surface area contributed by atoms with Crippen molar-refractivity contribution in [2.75, 3.05) is 0 Å². The van der Waals surface area contributed by atoms with Crippen molar-refractivity contribution < 1.29 is 4.42 Å². The van der Waals surface area contributed by atoms with Crippen molar-refractivity contribution in [3.8, 4) is 0 Å². The number of allylic oxidation sites excluding steroid dienone is 1. The van der Waals surface area contributed by atoms with Gasteiger partial charge in [0.05, 0.1) is 6.26 Å². The topological polar surface area (TPSA) is 13.1 Å². The van der Waals surface area contributed by atoms with E-state index in [4.69, 9.17) is 4.42 Å². The van der Waals surface area contributed by atoms with Crippen molar-refractivity contribution in [2.45, 2.75) is 13.8 Å². The van der Waals surface area contributed by atoms with Crippen molar-refractivity contribution in [3.63, 3.8) is 0 Å². The van der Waals surface area contributed by atoms with Crippen LogP contribution in [-0.2, 0) is 0 Å². The van der Waals surface area contributed by atoms with Gasteiger partial charge in [0.15, 0.2) is 0 Å². The summed E-state index contributed by atoms with van der Waals surface area (Å²) in [4.78, 5) is 0. The van der Waals surface area contributed by atoms with Gasteiger partial charge in [-0.2, -0.15) is 0 Å². The Bertz CT molecular complexity index is 560. The van der Waals surface area contributed by atoms with Crippen LogP contribution in [0.4, 0.5) is 0 Å². The quantitative estimate of drug-likeness (QED) is 0.689. The van der Waals surface area contributed by atoms with Crippen LogP contribution in [0, 0.1) is 12.8 Å². The maximum Gasteiger partial charge on any atom is 0.133 e. The lowest BCUT2D eigenvalue weighted by molar-refractivity contribution is 0.551.